The summed E-state index contributed by atoms with van der Waals surface area (Å²) in [6.07, 6.45) is 3.35. The number of piperidine rings is 1. The Kier molecular flexibility index (Phi) is 5.34. The van der Waals surface area contributed by atoms with Crippen LogP contribution in [0.15, 0.2) is 24.3 Å². The van der Waals surface area contributed by atoms with Crippen LogP contribution in [0.4, 0.5) is 4.39 Å². The molecular formula is C16H25FN2. The average molecular weight is 264 g/mol. The first-order valence-electron chi connectivity index (χ1n) is 7.37. The molecule has 106 valence electrons. The van der Waals surface area contributed by atoms with Gasteiger partial charge in [0.1, 0.15) is 5.82 Å². The van der Waals surface area contributed by atoms with Gasteiger partial charge in [0, 0.05) is 12.1 Å². The minimum atomic E-state index is -0.136. The Bertz CT molecular complexity index is 384. The number of likely N-dealkylation sites (tertiary alicyclic amines) is 1. The van der Waals surface area contributed by atoms with Crippen molar-refractivity contribution in [2.75, 3.05) is 19.6 Å². The van der Waals surface area contributed by atoms with Crippen LogP contribution in [0.2, 0.25) is 0 Å². The number of benzene rings is 1. The van der Waals surface area contributed by atoms with Gasteiger partial charge in [-0.1, -0.05) is 12.1 Å². The summed E-state index contributed by atoms with van der Waals surface area (Å²) in [7, 11) is 0. The number of rotatable bonds is 5. The van der Waals surface area contributed by atoms with Crippen LogP contribution in [0.3, 0.4) is 0 Å². The van der Waals surface area contributed by atoms with Crippen LogP contribution in [0.25, 0.3) is 0 Å². The highest BCUT2D eigenvalue weighted by atomic mass is 19.1. The third kappa shape index (κ3) is 4.59. The predicted molar refractivity (Wildman–Crippen MR) is 77.8 cm³/mol. The standard InChI is InChI=1S/C16H25FN2/c1-13(2)19-10-7-16(8-11-19)18-9-6-14-4-3-5-15(17)12-14/h3-5,12-13,16,18H,6-11H2,1-2H3. The van der Waals surface area contributed by atoms with Crippen LogP contribution in [-0.4, -0.2) is 36.6 Å². The summed E-state index contributed by atoms with van der Waals surface area (Å²) in [5.74, 6) is -0.136. The molecular weight excluding hydrogens is 239 g/mol. The van der Waals surface area contributed by atoms with Crippen LogP contribution in [0.5, 0.6) is 0 Å². The minimum absolute atomic E-state index is 0.136. The van der Waals surface area contributed by atoms with Crippen LogP contribution in [0.1, 0.15) is 32.3 Å². The quantitative estimate of drug-likeness (QED) is 0.880. The van der Waals surface area contributed by atoms with Crippen molar-refractivity contribution in [1.82, 2.24) is 10.2 Å². The lowest BCUT2D eigenvalue weighted by molar-refractivity contribution is 0.161. The first-order chi connectivity index (χ1) is 9.15. The smallest absolute Gasteiger partial charge is 0.123 e. The van der Waals surface area contributed by atoms with Crippen molar-refractivity contribution in [1.29, 1.82) is 0 Å². The van der Waals surface area contributed by atoms with Crippen LogP contribution in [-0.2, 0) is 6.42 Å². The van der Waals surface area contributed by atoms with Crippen molar-refractivity contribution in [3.05, 3.63) is 35.6 Å². The molecule has 19 heavy (non-hydrogen) atoms. The molecule has 0 aliphatic carbocycles. The number of halogens is 1. The van der Waals surface area contributed by atoms with Gasteiger partial charge >= 0.3 is 0 Å². The highest BCUT2D eigenvalue weighted by molar-refractivity contribution is 5.16. The number of hydrogen-bond donors (Lipinski definition) is 1. The van der Waals surface area contributed by atoms with Gasteiger partial charge in [-0.05, 0) is 70.4 Å². The van der Waals surface area contributed by atoms with E-state index >= 15 is 0 Å². The van der Waals surface area contributed by atoms with E-state index in [1.54, 1.807) is 12.1 Å². The summed E-state index contributed by atoms with van der Waals surface area (Å²) < 4.78 is 13.0. The summed E-state index contributed by atoms with van der Waals surface area (Å²) in [6.45, 7) is 7.84. The van der Waals surface area contributed by atoms with Gasteiger partial charge < -0.3 is 10.2 Å². The van der Waals surface area contributed by atoms with E-state index in [0.717, 1.165) is 18.5 Å². The molecule has 0 unspecified atom stereocenters. The minimum Gasteiger partial charge on any atom is -0.314 e. The van der Waals surface area contributed by atoms with Crippen molar-refractivity contribution in [2.45, 2.75) is 45.2 Å². The number of hydrogen-bond acceptors (Lipinski definition) is 2. The predicted octanol–water partition coefficient (Wildman–Crippen LogP) is 2.83. The Labute approximate surface area is 116 Å². The first-order valence-corrected chi connectivity index (χ1v) is 7.37. The first kappa shape index (κ1) is 14.5. The van der Waals surface area contributed by atoms with Gasteiger partial charge in [0.2, 0.25) is 0 Å². The second-order valence-corrected chi connectivity index (χ2v) is 5.74. The summed E-state index contributed by atoms with van der Waals surface area (Å²) in [5, 5.41) is 3.60. The Balaban J connectivity index is 1.67. The van der Waals surface area contributed by atoms with Gasteiger partial charge in [0.15, 0.2) is 0 Å². The monoisotopic (exact) mass is 264 g/mol. The van der Waals surface area contributed by atoms with E-state index in [0.29, 0.717) is 12.1 Å². The zero-order valence-electron chi connectivity index (χ0n) is 12.0. The van der Waals surface area contributed by atoms with Gasteiger partial charge in [0.05, 0.1) is 0 Å². The van der Waals surface area contributed by atoms with Crippen LogP contribution in [0, 0.1) is 5.82 Å². The fourth-order valence-electron chi connectivity index (χ4n) is 2.73. The summed E-state index contributed by atoms with van der Waals surface area (Å²) >= 11 is 0. The maximum absolute atomic E-state index is 13.0. The van der Waals surface area contributed by atoms with E-state index in [9.17, 15) is 4.39 Å². The molecule has 0 amide bonds. The molecule has 1 aromatic rings. The molecule has 0 aromatic heterocycles. The third-order valence-electron chi connectivity index (χ3n) is 4.00. The highest BCUT2D eigenvalue weighted by Crippen LogP contribution is 2.13. The molecule has 1 heterocycles. The van der Waals surface area contributed by atoms with Crippen molar-refractivity contribution in [3.8, 4) is 0 Å². The van der Waals surface area contributed by atoms with Gasteiger partial charge in [-0.25, -0.2) is 4.39 Å². The van der Waals surface area contributed by atoms with E-state index in [1.807, 2.05) is 6.07 Å². The molecule has 2 rings (SSSR count). The van der Waals surface area contributed by atoms with E-state index in [4.69, 9.17) is 0 Å². The average Bonchev–Trinajstić information content (AvgIpc) is 2.39. The van der Waals surface area contributed by atoms with E-state index < -0.39 is 0 Å². The Hall–Kier alpha value is -0.930. The lowest BCUT2D eigenvalue weighted by atomic mass is 10.0. The second-order valence-electron chi connectivity index (χ2n) is 5.74. The number of nitrogens with zero attached hydrogens (tertiary/aromatic N) is 1. The largest absolute Gasteiger partial charge is 0.314 e. The number of nitrogens with one attached hydrogen (secondary N) is 1. The molecule has 0 bridgehead atoms. The molecule has 1 N–H and O–H groups in total. The Morgan fingerprint density at radius 3 is 2.68 bits per heavy atom. The summed E-state index contributed by atoms with van der Waals surface area (Å²) in [5.41, 5.74) is 1.08. The molecule has 0 saturated carbocycles. The van der Waals surface area contributed by atoms with E-state index in [1.165, 1.54) is 32.0 Å². The summed E-state index contributed by atoms with van der Waals surface area (Å²) in [4.78, 5) is 2.53. The molecule has 0 spiro atoms. The third-order valence-corrected chi connectivity index (χ3v) is 4.00. The van der Waals surface area contributed by atoms with Gasteiger partial charge in [-0.2, -0.15) is 0 Å². The SMILES string of the molecule is CC(C)N1CCC(NCCc2cccc(F)c2)CC1. The van der Waals surface area contributed by atoms with Crippen molar-refractivity contribution >= 4 is 0 Å². The molecule has 1 aliphatic rings. The zero-order valence-corrected chi connectivity index (χ0v) is 12.0. The van der Waals surface area contributed by atoms with E-state index in [-0.39, 0.29) is 5.82 Å². The molecule has 1 fully saturated rings. The lowest BCUT2D eigenvalue weighted by Gasteiger charge is -2.35. The van der Waals surface area contributed by atoms with Crippen molar-refractivity contribution < 1.29 is 4.39 Å². The molecule has 0 radical (unpaired) electrons. The fraction of sp³-hybridized carbons (Fsp3) is 0.625. The van der Waals surface area contributed by atoms with Crippen molar-refractivity contribution in [2.24, 2.45) is 0 Å². The zero-order chi connectivity index (χ0) is 13.7. The second kappa shape index (κ2) is 7.01. The Morgan fingerprint density at radius 2 is 2.05 bits per heavy atom. The van der Waals surface area contributed by atoms with Crippen LogP contribution < -0.4 is 5.32 Å². The molecule has 3 heteroatoms. The maximum atomic E-state index is 13.0. The van der Waals surface area contributed by atoms with Gasteiger partial charge in [-0.15, -0.1) is 0 Å². The fourth-order valence-corrected chi connectivity index (χ4v) is 2.73. The highest BCUT2D eigenvalue weighted by Gasteiger charge is 2.19. The molecule has 1 saturated heterocycles. The molecule has 2 nitrogen and oxygen atoms in total. The lowest BCUT2D eigenvalue weighted by Crippen LogP contribution is -2.45. The van der Waals surface area contributed by atoms with Gasteiger partial charge in [0.25, 0.3) is 0 Å². The topological polar surface area (TPSA) is 15.3 Å². The Morgan fingerprint density at radius 1 is 1.32 bits per heavy atom. The van der Waals surface area contributed by atoms with E-state index in [2.05, 4.69) is 24.1 Å². The maximum Gasteiger partial charge on any atom is 0.123 e. The molecule has 1 aliphatic heterocycles. The molecule has 0 atom stereocenters. The molecule has 1 aromatic carbocycles. The van der Waals surface area contributed by atoms with Crippen molar-refractivity contribution in [3.63, 3.8) is 0 Å². The van der Waals surface area contributed by atoms with Crippen LogP contribution >= 0.6 is 0 Å². The summed E-state index contributed by atoms with van der Waals surface area (Å²) in [6, 6.07) is 8.19. The normalized spacial score (nSPS) is 18.1. The van der Waals surface area contributed by atoms with Gasteiger partial charge in [-0.3, -0.25) is 0 Å².